The number of benzene rings is 9. The van der Waals surface area contributed by atoms with Crippen LogP contribution in [0.25, 0.3) is 66.4 Å². The molecule has 11 rings (SSSR count). The molecule has 0 radical (unpaired) electrons. The van der Waals surface area contributed by atoms with E-state index >= 15 is 0 Å². The summed E-state index contributed by atoms with van der Waals surface area (Å²) in [5, 5.41) is 2.52. The van der Waals surface area contributed by atoms with Crippen LogP contribution in [-0.4, -0.2) is 0 Å². The smallest absolute Gasteiger partial charge is 0.0549 e. The van der Waals surface area contributed by atoms with Gasteiger partial charge in [0.1, 0.15) is 0 Å². The Bertz CT molecular complexity index is 3060. The second-order valence-corrected chi connectivity index (χ2v) is 17.3. The Labute approximate surface area is 347 Å². The van der Waals surface area contributed by atoms with Crippen molar-refractivity contribution in [3.63, 3.8) is 0 Å². The SMILES string of the molecule is CC1(C)c2ccccc2-c2cc3c(cc21)-c1c(N(c2ccc(-c4ccccc4)cc2)c2ccc(-c4cccc5ccccc45)cc2)cc(-c2ccccc2)cc1C3(C)C. The van der Waals surface area contributed by atoms with Gasteiger partial charge in [0.15, 0.2) is 0 Å². The van der Waals surface area contributed by atoms with Gasteiger partial charge in [-0.25, -0.2) is 0 Å². The van der Waals surface area contributed by atoms with Gasteiger partial charge in [0.2, 0.25) is 0 Å². The van der Waals surface area contributed by atoms with Crippen LogP contribution in [0.1, 0.15) is 49.9 Å². The third-order valence-corrected chi connectivity index (χ3v) is 13.3. The average molecular weight is 756 g/mol. The molecule has 2 aliphatic rings. The van der Waals surface area contributed by atoms with Crippen molar-refractivity contribution in [3.05, 3.63) is 222 Å². The number of rotatable bonds is 6. The van der Waals surface area contributed by atoms with Gasteiger partial charge in [-0.2, -0.15) is 0 Å². The first-order valence-corrected chi connectivity index (χ1v) is 20.8. The van der Waals surface area contributed by atoms with Crippen molar-refractivity contribution < 1.29 is 0 Å². The summed E-state index contributed by atoms with van der Waals surface area (Å²) < 4.78 is 0. The maximum atomic E-state index is 2.55. The maximum absolute atomic E-state index is 2.55. The van der Waals surface area contributed by atoms with Crippen molar-refractivity contribution in [3.8, 4) is 55.6 Å². The monoisotopic (exact) mass is 755 g/mol. The highest BCUT2D eigenvalue weighted by atomic mass is 15.1. The summed E-state index contributed by atoms with van der Waals surface area (Å²) in [4.78, 5) is 2.51. The van der Waals surface area contributed by atoms with E-state index in [2.05, 4.69) is 233 Å². The Morgan fingerprint density at radius 2 is 0.831 bits per heavy atom. The fourth-order valence-corrected chi connectivity index (χ4v) is 10.1. The van der Waals surface area contributed by atoms with Crippen LogP contribution in [0, 0.1) is 0 Å². The van der Waals surface area contributed by atoms with E-state index in [-0.39, 0.29) is 10.8 Å². The molecule has 282 valence electrons. The molecule has 0 saturated heterocycles. The first-order chi connectivity index (χ1) is 28.8. The topological polar surface area (TPSA) is 3.24 Å². The fraction of sp³-hybridized carbons (Fsp3) is 0.103. The van der Waals surface area contributed by atoms with E-state index in [1.165, 1.54) is 94.3 Å². The molecule has 0 unspecified atom stereocenters. The van der Waals surface area contributed by atoms with E-state index in [0.717, 1.165) is 11.4 Å². The molecule has 0 spiro atoms. The van der Waals surface area contributed by atoms with Crippen molar-refractivity contribution >= 4 is 27.8 Å². The van der Waals surface area contributed by atoms with Gasteiger partial charge in [0.05, 0.1) is 5.69 Å². The van der Waals surface area contributed by atoms with E-state index in [9.17, 15) is 0 Å². The Balaban J connectivity index is 1.16. The Morgan fingerprint density at radius 3 is 1.54 bits per heavy atom. The number of anilines is 3. The Kier molecular flexibility index (Phi) is 7.94. The molecule has 59 heavy (non-hydrogen) atoms. The van der Waals surface area contributed by atoms with Crippen LogP contribution < -0.4 is 4.90 Å². The third-order valence-electron chi connectivity index (χ3n) is 13.3. The molecular formula is C58H45N. The lowest BCUT2D eigenvalue weighted by molar-refractivity contribution is 0.652. The highest BCUT2D eigenvalue weighted by molar-refractivity contribution is 6.01. The van der Waals surface area contributed by atoms with Crippen LogP contribution in [-0.2, 0) is 10.8 Å². The summed E-state index contributed by atoms with van der Waals surface area (Å²) >= 11 is 0. The molecule has 0 aromatic heterocycles. The van der Waals surface area contributed by atoms with Gasteiger partial charge in [0, 0.05) is 27.8 Å². The number of fused-ring (bicyclic) bond motifs is 7. The highest BCUT2D eigenvalue weighted by Crippen LogP contribution is 2.59. The van der Waals surface area contributed by atoms with Gasteiger partial charge < -0.3 is 4.90 Å². The van der Waals surface area contributed by atoms with Gasteiger partial charge in [-0.1, -0.05) is 179 Å². The standard InChI is InChI=1S/C58H45N/c1-57(2)51-25-14-13-23-48(51)49-36-53-50(37-52(49)57)56-54(58(53,3)4)34-43(39-18-9-6-10-19-39)35-55(56)59(44-30-26-40(27-31-44)38-16-7-5-8-17-38)45-32-28-42(29-33-45)47-24-15-21-41-20-11-12-22-46(41)47/h5-37H,1-4H3. The zero-order valence-corrected chi connectivity index (χ0v) is 34.0. The van der Waals surface area contributed by atoms with Gasteiger partial charge >= 0.3 is 0 Å². The molecule has 0 N–H and O–H groups in total. The Morgan fingerprint density at radius 1 is 0.322 bits per heavy atom. The molecule has 1 heteroatoms. The first kappa shape index (κ1) is 35.2. The Hall–Kier alpha value is -6.96. The molecule has 0 atom stereocenters. The molecule has 0 amide bonds. The lowest BCUT2D eigenvalue weighted by atomic mass is 9.79. The minimum absolute atomic E-state index is 0.109. The molecule has 0 bridgehead atoms. The van der Waals surface area contributed by atoms with E-state index in [4.69, 9.17) is 0 Å². The quantitative estimate of drug-likeness (QED) is 0.163. The highest BCUT2D eigenvalue weighted by Gasteiger charge is 2.43. The van der Waals surface area contributed by atoms with E-state index in [0.29, 0.717) is 0 Å². The van der Waals surface area contributed by atoms with Crippen molar-refractivity contribution in [2.45, 2.75) is 38.5 Å². The van der Waals surface area contributed by atoms with Gasteiger partial charge in [-0.15, -0.1) is 0 Å². The molecule has 0 heterocycles. The summed E-state index contributed by atoms with van der Waals surface area (Å²) in [6.07, 6.45) is 0. The summed E-state index contributed by atoms with van der Waals surface area (Å²) in [7, 11) is 0. The molecule has 9 aromatic carbocycles. The van der Waals surface area contributed by atoms with E-state index in [1.807, 2.05) is 0 Å². The summed E-state index contributed by atoms with van der Waals surface area (Å²) in [6, 6.07) is 74.2. The van der Waals surface area contributed by atoms with Crippen molar-refractivity contribution in [2.75, 3.05) is 4.90 Å². The minimum atomic E-state index is -0.234. The molecule has 2 aliphatic carbocycles. The lowest BCUT2D eigenvalue weighted by Gasteiger charge is -2.30. The number of hydrogen-bond donors (Lipinski definition) is 0. The first-order valence-electron chi connectivity index (χ1n) is 20.8. The molecule has 1 nitrogen and oxygen atoms in total. The van der Waals surface area contributed by atoms with Crippen molar-refractivity contribution in [1.82, 2.24) is 0 Å². The maximum Gasteiger partial charge on any atom is 0.0549 e. The third kappa shape index (κ3) is 5.53. The second kappa shape index (κ2) is 13.3. The van der Waals surface area contributed by atoms with Crippen molar-refractivity contribution in [2.24, 2.45) is 0 Å². The van der Waals surface area contributed by atoms with Crippen LogP contribution >= 0.6 is 0 Å². The largest absolute Gasteiger partial charge is 0.310 e. The zero-order chi connectivity index (χ0) is 39.9. The predicted molar refractivity (Wildman–Crippen MR) is 250 cm³/mol. The molecule has 0 fully saturated rings. The van der Waals surface area contributed by atoms with Gasteiger partial charge in [0.25, 0.3) is 0 Å². The van der Waals surface area contributed by atoms with Crippen LogP contribution in [0.2, 0.25) is 0 Å². The average Bonchev–Trinajstić information content (AvgIpc) is 3.65. The van der Waals surface area contributed by atoms with Crippen LogP contribution in [0.4, 0.5) is 17.1 Å². The van der Waals surface area contributed by atoms with Crippen LogP contribution in [0.5, 0.6) is 0 Å². The zero-order valence-electron chi connectivity index (χ0n) is 34.0. The van der Waals surface area contributed by atoms with Gasteiger partial charge in [-0.3, -0.25) is 0 Å². The second-order valence-electron chi connectivity index (χ2n) is 17.3. The van der Waals surface area contributed by atoms with E-state index < -0.39 is 0 Å². The summed E-state index contributed by atoms with van der Waals surface area (Å²) in [5.41, 5.74) is 21.3. The molecule has 0 saturated carbocycles. The summed E-state index contributed by atoms with van der Waals surface area (Å²) in [5.74, 6) is 0. The lowest BCUT2D eigenvalue weighted by Crippen LogP contribution is -2.17. The van der Waals surface area contributed by atoms with Gasteiger partial charge in [-0.05, 0) is 132 Å². The van der Waals surface area contributed by atoms with Crippen LogP contribution in [0.3, 0.4) is 0 Å². The molecule has 0 aliphatic heterocycles. The normalized spacial score (nSPS) is 14.0. The number of nitrogens with zero attached hydrogens (tertiary/aromatic N) is 1. The molecular weight excluding hydrogens is 711 g/mol. The van der Waals surface area contributed by atoms with Crippen molar-refractivity contribution in [1.29, 1.82) is 0 Å². The van der Waals surface area contributed by atoms with E-state index in [1.54, 1.807) is 0 Å². The summed E-state index contributed by atoms with van der Waals surface area (Å²) in [6.45, 7) is 9.63. The molecule has 9 aromatic rings. The van der Waals surface area contributed by atoms with Crippen LogP contribution in [0.15, 0.2) is 200 Å². The predicted octanol–water partition coefficient (Wildman–Crippen LogP) is 15.9. The number of hydrogen-bond acceptors (Lipinski definition) is 1. The minimum Gasteiger partial charge on any atom is -0.310 e. The fourth-order valence-electron chi connectivity index (χ4n) is 10.1.